The Balaban J connectivity index is 1.00. The molecule has 2 nitrogen and oxygen atoms in total. The molecule has 0 atom stereocenters. The molecule has 0 radical (unpaired) electrons. The molecule has 0 amide bonds. The Morgan fingerprint density at radius 2 is 0.755 bits per heavy atom. The first-order valence-electron chi connectivity index (χ1n) is 17.9. The van der Waals surface area contributed by atoms with Gasteiger partial charge in [0.05, 0.1) is 11.4 Å². The van der Waals surface area contributed by atoms with Crippen molar-refractivity contribution in [2.24, 2.45) is 0 Å². The SMILES string of the molecule is c1ccc(-c2cccc(-c3cc(-c4ccc5cc(-c6cccc(-c7ccc8c(c7)sc7ccccc78)c6)ccc5c4)nc(-c4ccccc4)n3)c2)cc1. The zero-order valence-corrected chi connectivity index (χ0v) is 29.6. The van der Waals surface area contributed by atoms with Gasteiger partial charge in [-0.2, -0.15) is 0 Å². The van der Waals surface area contributed by atoms with E-state index >= 15 is 0 Å². The monoisotopic (exact) mass is 692 g/mol. The van der Waals surface area contributed by atoms with Gasteiger partial charge in [0.1, 0.15) is 0 Å². The van der Waals surface area contributed by atoms with Crippen LogP contribution in [0.5, 0.6) is 0 Å². The highest BCUT2D eigenvalue weighted by Crippen LogP contribution is 2.38. The molecule has 0 saturated carbocycles. The standard InChI is InChI=1S/C50H32N2S/c1-3-11-33(12-4-1)35-15-10-18-42(29-35)46-32-47(52-50(51-46)34-13-5-2-6-14-34)43-24-23-39-28-38(21-22-40(39)30-43)36-16-9-17-37(27-36)41-25-26-45-44-19-7-8-20-48(44)53-49(45)31-41/h1-32H. The van der Waals surface area contributed by atoms with Crippen LogP contribution in [-0.4, -0.2) is 9.97 Å². The maximum absolute atomic E-state index is 5.11. The first kappa shape index (κ1) is 31.1. The van der Waals surface area contributed by atoms with Crippen molar-refractivity contribution in [2.45, 2.75) is 0 Å². The molecule has 0 saturated heterocycles. The van der Waals surface area contributed by atoms with E-state index in [9.17, 15) is 0 Å². The van der Waals surface area contributed by atoms with Crippen LogP contribution in [0, 0.1) is 0 Å². The van der Waals surface area contributed by atoms with Gasteiger partial charge in [0.25, 0.3) is 0 Å². The molecule has 2 heterocycles. The summed E-state index contributed by atoms with van der Waals surface area (Å²) in [6.45, 7) is 0. The van der Waals surface area contributed by atoms with E-state index < -0.39 is 0 Å². The van der Waals surface area contributed by atoms with E-state index in [1.807, 2.05) is 35.6 Å². The first-order valence-corrected chi connectivity index (χ1v) is 18.7. The van der Waals surface area contributed by atoms with E-state index in [1.165, 1.54) is 58.8 Å². The minimum atomic E-state index is 0.713. The number of benzene rings is 8. The predicted molar refractivity (Wildman–Crippen MR) is 225 cm³/mol. The molecule has 248 valence electrons. The Morgan fingerprint density at radius 1 is 0.283 bits per heavy atom. The number of thiophene rings is 1. The van der Waals surface area contributed by atoms with Crippen LogP contribution in [0.1, 0.15) is 0 Å². The molecule has 10 rings (SSSR count). The molecule has 3 heteroatoms. The second-order valence-electron chi connectivity index (χ2n) is 13.4. The summed E-state index contributed by atoms with van der Waals surface area (Å²) in [7, 11) is 0. The number of hydrogen-bond acceptors (Lipinski definition) is 3. The second-order valence-corrected chi connectivity index (χ2v) is 14.5. The fourth-order valence-electron chi connectivity index (χ4n) is 7.32. The maximum atomic E-state index is 5.11. The molecular weight excluding hydrogens is 661 g/mol. The minimum Gasteiger partial charge on any atom is -0.228 e. The van der Waals surface area contributed by atoms with Crippen LogP contribution in [0.2, 0.25) is 0 Å². The molecule has 0 aliphatic rings. The van der Waals surface area contributed by atoms with Gasteiger partial charge in [-0.1, -0.05) is 152 Å². The lowest BCUT2D eigenvalue weighted by Gasteiger charge is -2.12. The molecule has 53 heavy (non-hydrogen) atoms. The van der Waals surface area contributed by atoms with Gasteiger partial charge in [0.15, 0.2) is 5.82 Å². The summed E-state index contributed by atoms with van der Waals surface area (Å²) in [5, 5.41) is 5.02. The summed E-state index contributed by atoms with van der Waals surface area (Å²) >= 11 is 1.86. The Bertz CT molecular complexity index is 2950. The van der Waals surface area contributed by atoms with Crippen LogP contribution in [0.15, 0.2) is 194 Å². The third-order valence-electron chi connectivity index (χ3n) is 10.1. The van der Waals surface area contributed by atoms with Crippen molar-refractivity contribution in [3.8, 4) is 67.3 Å². The summed E-state index contributed by atoms with van der Waals surface area (Å²) in [4.78, 5) is 10.2. The topological polar surface area (TPSA) is 25.8 Å². The minimum absolute atomic E-state index is 0.713. The van der Waals surface area contributed by atoms with Gasteiger partial charge in [-0.15, -0.1) is 11.3 Å². The van der Waals surface area contributed by atoms with E-state index in [1.54, 1.807) is 0 Å². The Labute approximate surface area is 312 Å². The zero-order chi connectivity index (χ0) is 35.1. The molecule has 0 spiro atoms. The highest BCUT2D eigenvalue weighted by Gasteiger charge is 2.13. The molecule has 0 aliphatic carbocycles. The van der Waals surface area contributed by atoms with Gasteiger partial charge in [-0.05, 0) is 86.6 Å². The fraction of sp³-hybridized carbons (Fsp3) is 0. The van der Waals surface area contributed by atoms with E-state index in [4.69, 9.17) is 9.97 Å². The van der Waals surface area contributed by atoms with Gasteiger partial charge >= 0.3 is 0 Å². The van der Waals surface area contributed by atoms with Crippen molar-refractivity contribution in [3.63, 3.8) is 0 Å². The van der Waals surface area contributed by atoms with Gasteiger partial charge < -0.3 is 0 Å². The zero-order valence-electron chi connectivity index (χ0n) is 28.8. The predicted octanol–water partition coefficient (Wildman–Crippen LogP) is 14.0. The molecule has 0 bridgehead atoms. The van der Waals surface area contributed by atoms with Crippen LogP contribution in [0.25, 0.3) is 98.2 Å². The quantitative estimate of drug-likeness (QED) is 0.173. The average Bonchev–Trinajstić information content (AvgIpc) is 3.62. The normalized spacial score (nSPS) is 11.4. The van der Waals surface area contributed by atoms with E-state index in [-0.39, 0.29) is 0 Å². The van der Waals surface area contributed by atoms with Crippen molar-refractivity contribution in [1.82, 2.24) is 9.97 Å². The molecule has 0 fully saturated rings. The summed E-state index contributed by atoms with van der Waals surface area (Å²) in [6, 6.07) is 69.3. The summed E-state index contributed by atoms with van der Waals surface area (Å²) < 4.78 is 2.65. The second kappa shape index (κ2) is 13.1. The molecule has 0 unspecified atom stereocenters. The number of nitrogens with zero attached hydrogens (tertiary/aromatic N) is 2. The fourth-order valence-corrected chi connectivity index (χ4v) is 8.46. The van der Waals surface area contributed by atoms with Crippen LogP contribution in [0.4, 0.5) is 0 Å². The first-order chi connectivity index (χ1) is 26.2. The Kier molecular flexibility index (Phi) is 7.71. The average molecular weight is 693 g/mol. The number of fused-ring (bicyclic) bond motifs is 4. The van der Waals surface area contributed by atoms with E-state index in [2.05, 4.69) is 170 Å². The highest BCUT2D eigenvalue weighted by atomic mass is 32.1. The molecule has 0 N–H and O–H groups in total. The lowest BCUT2D eigenvalue weighted by Crippen LogP contribution is -1.96. The smallest absolute Gasteiger partial charge is 0.160 e. The molecule has 0 aliphatic heterocycles. The third kappa shape index (κ3) is 5.97. The third-order valence-corrected chi connectivity index (χ3v) is 11.2. The summed E-state index contributed by atoms with van der Waals surface area (Å²) in [5.41, 5.74) is 12.1. The Morgan fingerprint density at radius 3 is 1.49 bits per heavy atom. The van der Waals surface area contributed by atoms with Crippen molar-refractivity contribution >= 4 is 42.3 Å². The van der Waals surface area contributed by atoms with Crippen LogP contribution >= 0.6 is 11.3 Å². The van der Waals surface area contributed by atoms with Gasteiger partial charge in [-0.3, -0.25) is 0 Å². The van der Waals surface area contributed by atoms with Crippen LogP contribution in [0.3, 0.4) is 0 Å². The molecular formula is C50H32N2S. The lowest BCUT2D eigenvalue weighted by molar-refractivity contribution is 1.18. The molecule has 8 aromatic carbocycles. The highest BCUT2D eigenvalue weighted by molar-refractivity contribution is 7.25. The van der Waals surface area contributed by atoms with Gasteiger partial charge in [0, 0.05) is 36.9 Å². The lowest BCUT2D eigenvalue weighted by atomic mass is 9.96. The molecule has 10 aromatic rings. The summed E-state index contributed by atoms with van der Waals surface area (Å²) in [5.74, 6) is 0.713. The van der Waals surface area contributed by atoms with Crippen LogP contribution in [-0.2, 0) is 0 Å². The van der Waals surface area contributed by atoms with E-state index in [0.717, 1.165) is 33.6 Å². The Hall–Kier alpha value is -6.68. The van der Waals surface area contributed by atoms with Gasteiger partial charge in [-0.25, -0.2) is 9.97 Å². The number of aromatic nitrogens is 2. The van der Waals surface area contributed by atoms with Crippen molar-refractivity contribution in [1.29, 1.82) is 0 Å². The number of rotatable bonds is 6. The molecule has 2 aromatic heterocycles. The largest absolute Gasteiger partial charge is 0.228 e. The summed E-state index contributed by atoms with van der Waals surface area (Å²) in [6.07, 6.45) is 0. The maximum Gasteiger partial charge on any atom is 0.160 e. The number of hydrogen-bond donors (Lipinski definition) is 0. The van der Waals surface area contributed by atoms with Crippen LogP contribution < -0.4 is 0 Å². The van der Waals surface area contributed by atoms with Gasteiger partial charge in [0.2, 0.25) is 0 Å². The van der Waals surface area contributed by atoms with Crippen molar-refractivity contribution in [2.75, 3.05) is 0 Å². The van der Waals surface area contributed by atoms with E-state index in [0.29, 0.717) is 5.82 Å². The van der Waals surface area contributed by atoms with Crippen molar-refractivity contribution < 1.29 is 0 Å². The van der Waals surface area contributed by atoms with Crippen molar-refractivity contribution in [3.05, 3.63) is 194 Å².